The van der Waals surface area contributed by atoms with Gasteiger partial charge >= 0.3 is 6.16 Å². The Labute approximate surface area is 142 Å². The Morgan fingerprint density at radius 1 is 1.12 bits per heavy atom. The third kappa shape index (κ3) is 3.18. The fourth-order valence-corrected chi connectivity index (χ4v) is 3.57. The zero-order valence-electron chi connectivity index (χ0n) is 14.9. The fraction of sp³-hybridized carbons (Fsp3) is 0.824. The first kappa shape index (κ1) is 17.7. The molecular weight excluding hydrogens is 316 g/mol. The smallest absolute Gasteiger partial charge is 0.435 e. The van der Waals surface area contributed by atoms with Gasteiger partial charge in [-0.2, -0.15) is 0 Å². The average Bonchev–Trinajstić information content (AvgIpc) is 2.78. The molecule has 5 atom stereocenters. The van der Waals surface area contributed by atoms with Crippen LogP contribution in [0.4, 0.5) is 4.79 Å². The van der Waals surface area contributed by atoms with E-state index in [0.717, 1.165) is 0 Å². The van der Waals surface area contributed by atoms with Gasteiger partial charge in [0.05, 0.1) is 19.3 Å². The number of fused-ring (bicyclic) bond motifs is 3. The van der Waals surface area contributed by atoms with E-state index in [1.165, 1.54) is 0 Å². The molecule has 7 heteroatoms. The molecule has 24 heavy (non-hydrogen) atoms. The van der Waals surface area contributed by atoms with Crippen LogP contribution in [0.25, 0.3) is 0 Å². The Bertz CT molecular complexity index is 527. The van der Waals surface area contributed by atoms with Crippen LogP contribution in [0.3, 0.4) is 0 Å². The maximum absolute atomic E-state index is 11.8. The lowest BCUT2D eigenvalue weighted by Crippen LogP contribution is -2.61. The summed E-state index contributed by atoms with van der Waals surface area (Å²) in [4.78, 5) is 11.8. The van der Waals surface area contributed by atoms with Crippen molar-refractivity contribution in [3.8, 4) is 0 Å². The van der Waals surface area contributed by atoms with Crippen molar-refractivity contribution in [1.29, 1.82) is 0 Å². The Morgan fingerprint density at radius 2 is 1.75 bits per heavy atom. The van der Waals surface area contributed by atoms with Crippen LogP contribution in [0.5, 0.6) is 0 Å². The van der Waals surface area contributed by atoms with Crippen LogP contribution in [-0.4, -0.2) is 55.4 Å². The summed E-state index contributed by atoms with van der Waals surface area (Å²) in [5.41, 5.74) is 0.700. The molecule has 0 unspecified atom stereocenters. The summed E-state index contributed by atoms with van der Waals surface area (Å²) in [6.45, 7) is 13.9. The molecule has 3 fully saturated rings. The summed E-state index contributed by atoms with van der Waals surface area (Å²) < 4.78 is 34.3. The summed E-state index contributed by atoms with van der Waals surface area (Å²) in [6.07, 6.45) is -2.54. The SMILES string of the molecule is C=C1[C@H]2COC(C)(C)O[C@H]2[C@@H]2OC(C)(C)O[C@@H]2[C@@H]1OC(=O)OCC. The second kappa shape index (κ2) is 5.98. The van der Waals surface area contributed by atoms with Crippen molar-refractivity contribution in [2.75, 3.05) is 13.2 Å². The standard InChI is InChI=1S/C17H26O7/c1-7-19-15(18)21-11-9(2)10-8-20-16(3,4)22-12(10)14-13(11)23-17(5,6)24-14/h10-14H,2,7-8H2,1,3-6H3/t10-,11-,12-,13-,14+/m1/s1. The first-order chi connectivity index (χ1) is 11.1. The monoisotopic (exact) mass is 342 g/mol. The second-order valence-corrected chi connectivity index (χ2v) is 7.26. The third-order valence-corrected chi connectivity index (χ3v) is 4.54. The predicted octanol–water partition coefficient (Wildman–Crippen LogP) is 2.39. The lowest BCUT2D eigenvalue weighted by Gasteiger charge is -2.49. The first-order valence-electron chi connectivity index (χ1n) is 8.33. The molecule has 2 aliphatic heterocycles. The highest BCUT2D eigenvalue weighted by atomic mass is 16.8. The molecule has 0 aromatic carbocycles. The molecule has 2 heterocycles. The summed E-state index contributed by atoms with van der Waals surface area (Å²) in [6, 6.07) is 0. The molecular formula is C17H26O7. The predicted molar refractivity (Wildman–Crippen MR) is 83.3 cm³/mol. The minimum absolute atomic E-state index is 0.142. The van der Waals surface area contributed by atoms with Crippen LogP contribution >= 0.6 is 0 Å². The van der Waals surface area contributed by atoms with E-state index < -0.39 is 29.9 Å². The molecule has 3 aliphatic rings. The van der Waals surface area contributed by atoms with Gasteiger partial charge in [-0.05, 0) is 40.2 Å². The van der Waals surface area contributed by atoms with Crippen molar-refractivity contribution in [2.45, 2.75) is 70.6 Å². The Morgan fingerprint density at radius 3 is 2.42 bits per heavy atom. The van der Waals surface area contributed by atoms with Crippen molar-refractivity contribution >= 4 is 6.16 Å². The van der Waals surface area contributed by atoms with Crippen molar-refractivity contribution in [3.63, 3.8) is 0 Å². The van der Waals surface area contributed by atoms with Gasteiger partial charge in [-0.15, -0.1) is 0 Å². The molecule has 0 spiro atoms. The molecule has 0 amide bonds. The van der Waals surface area contributed by atoms with Crippen molar-refractivity contribution < 1.29 is 33.2 Å². The molecule has 0 N–H and O–H groups in total. The fourth-order valence-electron chi connectivity index (χ4n) is 3.57. The molecule has 1 aliphatic carbocycles. The van der Waals surface area contributed by atoms with Gasteiger partial charge in [-0.3, -0.25) is 0 Å². The van der Waals surface area contributed by atoms with Gasteiger partial charge in [-0.25, -0.2) is 4.79 Å². The summed E-state index contributed by atoms with van der Waals surface area (Å²) in [5.74, 6) is -1.65. The van der Waals surface area contributed by atoms with Gasteiger partial charge in [0, 0.05) is 5.92 Å². The number of hydrogen-bond donors (Lipinski definition) is 0. The van der Waals surface area contributed by atoms with Crippen LogP contribution in [0.15, 0.2) is 12.2 Å². The quantitative estimate of drug-likeness (QED) is 0.563. The lowest BCUT2D eigenvalue weighted by atomic mass is 9.77. The molecule has 0 aromatic rings. The van der Waals surface area contributed by atoms with Crippen molar-refractivity contribution in [1.82, 2.24) is 0 Å². The minimum Gasteiger partial charge on any atom is -0.435 e. The summed E-state index contributed by atoms with van der Waals surface area (Å²) >= 11 is 0. The van der Waals surface area contributed by atoms with E-state index in [2.05, 4.69) is 6.58 Å². The lowest BCUT2D eigenvalue weighted by molar-refractivity contribution is -0.313. The van der Waals surface area contributed by atoms with E-state index >= 15 is 0 Å². The summed E-state index contributed by atoms with van der Waals surface area (Å²) in [7, 11) is 0. The van der Waals surface area contributed by atoms with Gasteiger partial charge < -0.3 is 28.4 Å². The van der Waals surface area contributed by atoms with Gasteiger partial charge in [-0.1, -0.05) is 6.58 Å². The van der Waals surface area contributed by atoms with Crippen LogP contribution < -0.4 is 0 Å². The van der Waals surface area contributed by atoms with E-state index in [4.69, 9.17) is 28.4 Å². The van der Waals surface area contributed by atoms with E-state index in [1.54, 1.807) is 6.92 Å². The zero-order chi connectivity index (χ0) is 17.7. The minimum atomic E-state index is -0.799. The molecule has 0 aromatic heterocycles. The third-order valence-electron chi connectivity index (χ3n) is 4.54. The highest BCUT2D eigenvalue weighted by molar-refractivity contribution is 5.60. The van der Waals surface area contributed by atoms with Gasteiger partial charge in [0.25, 0.3) is 0 Å². The van der Waals surface area contributed by atoms with E-state index in [0.29, 0.717) is 12.2 Å². The number of carbonyl (C=O) groups is 1. The molecule has 7 nitrogen and oxygen atoms in total. The highest BCUT2D eigenvalue weighted by Crippen LogP contribution is 2.46. The second-order valence-electron chi connectivity index (χ2n) is 7.26. The number of hydrogen-bond acceptors (Lipinski definition) is 7. The molecule has 1 saturated carbocycles. The highest BCUT2D eigenvalue weighted by Gasteiger charge is 2.60. The summed E-state index contributed by atoms with van der Waals surface area (Å²) in [5, 5.41) is 0. The van der Waals surface area contributed by atoms with Crippen LogP contribution in [0.2, 0.25) is 0 Å². The van der Waals surface area contributed by atoms with Crippen molar-refractivity contribution in [3.05, 3.63) is 12.2 Å². The molecule has 0 radical (unpaired) electrons. The van der Waals surface area contributed by atoms with Crippen LogP contribution in [-0.2, 0) is 28.4 Å². The number of ether oxygens (including phenoxy) is 6. The van der Waals surface area contributed by atoms with E-state index in [1.807, 2.05) is 27.7 Å². The van der Waals surface area contributed by atoms with E-state index in [9.17, 15) is 4.79 Å². The molecule has 136 valence electrons. The van der Waals surface area contributed by atoms with Crippen LogP contribution in [0.1, 0.15) is 34.6 Å². The molecule has 2 saturated heterocycles. The zero-order valence-corrected chi connectivity index (χ0v) is 14.9. The topological polar surface area (TPSA) is 72.5 Å². The van der Waals surface area contributed by atoms with Gasteiger partial charge in [0.15, 0.2) is 17.7 Å². The molecule has 0 bridgehead atoms. The number of carbonyl (C=O) groups excluding carboxylic acids is 1. The Balaban J connectivity index is 1.87. The van der Waals surface area contributed by atoms with Gasteiger partial charge in [0.2, 0.25) is 0 Å². The molecule has 3 rings (SSSR count). The average molecular weight is 342 g/mol. The largest absolute Gasteiger partial charge is 0.508 e. The normalized spacial score (nSPS) is 39.7. The Kier molecular flexibility index (Phi) is 4.40. The van der Waals surface area contributed by atoms with E-state index in [-0.39, 0.29) is 24.7 Å². The van der Waals surface area contributed by atoms with Crippen molar-refractivity contribution in [2.24, 2.45) is 5.92 Å². The Hall–Kier alpha value is -1.15. The maximum atomic E-state index is 11.8. The van der Waals surface area contributed by atoms with Gasteiger partial charge in [0.1, 0.15) is 12.2 Å². The first-order valence-corrected chi connectivity index (χ1v) is 8.33. The number of rotatable bonds is 2. The maximum Gasteiger partial charge on any atom is 0.508 e. The van der Waals surface area contributed by atoms with Crippen LogP contribution in [0, 0.1) is 5.92 Å².